The molecule has 0 aliphatic rings. The van der Waals surface area contributed by atoms with E-state index in [1.165, 1.54) is 0 Å². The van der Waals surface area contributed by atoms with E-state index in [1.54, 1.807) is 7.11 Å². The molecule has 0 unspecified atom stereocenters. The molecule has 0 atom stereocenters. The number of fused-ring (bicyclic) bond motifs is 1. The number of ether oxygens (including phenoxy) is 1. The fraction of sp³-hybridized carbons (Fsp3) is 0.316. The summed E-state index contributed by atoms with van der Waals surface area (Å²) in [6.07, 6.45) is 0. The zero-order valence-electron chi connectivity index (χ0n) is 15.0. The molecule has 25 heavy (non-hydrogen) atoms. The van der Waals surface area contributed by atoms with E-state index in [9.17, 15) is 4.79 Å². The lowest BCUT2D eigenvalue weighted by molar-refractivity contribution is 0.0938. The van der Waals surface area contributed by atoms with Crippen LogP contribution in [0.3, 0.4) is 0 Å². The number of methoxy groups -OCH3 is 1. The summed E-state index contributed by atoms with van der Waals surface area (Å²) in [4.78, 5) is 17.4. The minimum absolute atomic E-state index is 0.129. The van der Waals surface area contributed by atoms with Crippen LogP contribution in [0.15, 0.2) is 30.3 Å². The van der Waals surface area contributed by atoms with Gasteiger partial charge in [-0.25, -0.2) is 4.98 Å². The van der Waals surface area contributed by atoms with Crippen LogP contribution in [0.5, 0.6) is 0 Å². The van der Waals surface area contributed by atoms with Gasteiger partial charge in [-0.2, -0.15) is 5.10 Å². The lowest BCUT2D eigenvalue weighted by Crippen LogP contribution is -2.27. The number of carbonyl (C=O) groups excluding carboxylic acids is 1. The number of amides is 1. The number of para-hydroxylation sites is 1. The predicted octanol–water partition coefficient (Wildman–Crippen LogP) is 2.63. The van der Waals surface area contributed by atoms with Gasteiger partial charge in [-0.3, -0.25) is 9.48 Å². The number of nitrogens with one attached hydrogen (secondary N) is 1. The lowest BCUT2D eigenvalue weighted by atomic mass is 10.0. The first-order valence-corrected chi connectivity index (χ1v) is 8.20. The summed E-state index contributed by atoms with van der Waals surface area (Å²) in [6, 6.07) is 9.53. The van der Waals surface area contributed by atoms with Crippen LogP contribution in [0.25, 0.3) is 22.2 Å². The molecule has 0 spiro atoms. The summed E-state index contributed by atoms with van der Waals surface area (Å²) >= 11 is 0. The molecule has 3 rings (SSSR count). The highest BCUT2D eigenvalue weighted by molar-refractivity contribution is 6.07. The first-order chi connectivity index (χ1) is 12.0. The van der Waals surface area contributed by atoms with E-state index in [0.717, 1.165) is 33.5 Å². The van der Waals surface area contributed by atoms with Crippen LogP contribution in [0.1, 0.15) is 21.7 Å². The number of hydrogen-bond donors (Lipinski definition) is 1. The Hall–Kier alpha value is -2.73. The molecule has 0 aliphatic heterocycles. The van der Waals surface area contributed by atoms with E-state index in [2.05, 4.69) is 10.4 Å². The van der Waals surface area contributed by atoms with Crippen molar-refractivity contribution in [1.82, 2.24) is 20.1 Å². The first-order valence-electron chi connectivity index (χ1n) is 8.20. The van der Waals surface area contributed by atoms with Crippen LogP contribution >= 0.6 is 0 Å². The van der Waals surface area contributed by atoms with Crippen molar-refractivity contribution in [3.63, 3.8) is 0 Å². The number of carbonyl (C=O) groups is 1. The highest BCUT2D eigenvalue weighted by Crippen LogP contribution is 2.29. The quantitative estimate of drug-likeness (QED) is 0.726. The average molecular weight is 338 g/mol. The van der Waals surface area contributed by atoms with Crippen LogP contribution < -0.4 is 5.32 Å². The van der Waals surface area contributed by atoms with E-state index >= 15 is 0 Å². The first kappa shape index (κ1) is 17.1. The van der Waals surface area contributed by atoms with Gasteiger partial charge in [0.1, 0.15) is 0 Å². The van der Waals surface area contributed by atoms with E-state index in [4.69, 9.17) is 9.72 Å². The van der Waals surface area contributed by atoms with Gasteiger partial charge in [0.2, 0.25) is 0 Å². The zero-order valence-corrected chi connectivity index (χ0v) is 15.0. The van der Waals surface area contributed by atoms with Crippen molar-refractivity contribution in [2.75, 3.05) is 20.3 Å². The van der Waals surface area contributed by atoms with Gasteiger partial charge in [-0.15, -0.1) is 0 Å². The second-order valence-electron chi connectivity index (χ2n) is 5.99. The molecule has 1 N–H and O–H groups in total. The Morgan fingerprint density at radius 2 is 2.04 bits per heavy atom. The summed E-state index contributed by atoms with van der Waals surface area (Å²) in [6.45, 7) is 4.90. The molecular formula is C19H22N4O2. The Morgan fingerprint density at radius 1 is 1.28 bits per heavy atom. The van der Waals surface area contributed by atoms with Gasteiger partial charge in [0.05, 0.1) is 29.1 Å². The summed E-state index contributed by atoms with van der Waals surface area (Å²) in [5.41, 5.74) is 5.05. The third-order valence-electron chi connectivity index (χ3n) is 4.32. The van der Waals surface area contributed by atoms with Crippen LogP contribution in [-0.4, -0.2) is 40.9 Å². The molecular weight excluding hydrogens is 316 g/mol. The lowest BCUT2D eigenvalue weighted by Gasteiger charge is -2.11. The molecule has 0 aliphatic carbocycles. The minimum atomic E-state index is -0.129. The predicted molar refractivity (Wildman–Crippen MR) is 97.6 cm³/mol. The zero-order chi connectivity index (χ0) is 18.0. The Morgan fingerprint density at radius 3 is 2.72 bits per heavy atom. The van der Waals surface area contributed by atoms with Crippen molar-refractivity contribution in [2.24, 2.45) is 7.05 Å². The van der Waals surface area contributed by atoms with Gasteiger partial charge in [-0.1, -0.05) is 18.2 Å². The number of pyridine rings is 1. The monoisotopic (exact) mass is 338 g/mol. The van der Waals surface area contributed by atoms with Gasteiger partial charge in [0, 0.05) is 37.3 Å². The number of hydrogen-bond acceptors (Lipinski definition) is 4. The van der Waals surface area contributed by atoms with E-state index in [-0.39, 0.29) is 5.91 Å². The molecule has 6 heteroatoms. The largest absolute Gasteiger partial charge is 0.383 e. The van der Waals surface area contributed by atoms with E-state index < -0.39 is 0 Å². The second kappa shape index (κ2) is 7.03. The molecule has 0 saturated carbocycles. The normalized spacial score (nSPS) is 11.0. The SMILES string of the molecule is COCCNC(=O)c1cc(-c2c(C)nn(C)c2C)nc2ccccc12. The molecule has 1 aromatic carbocycles. The van der Waals surface area contributed by atoms with Gasteiger partial charge in [-0.05, 0) is 26.0 Å². The third kappa shape index (κ3) is 3.25. The fourth-order valence-electron chi connectivity index (χ4n) is 3.00. The Labute approximate surface area is 146 Å². The Balaban J connectivity index is 2.14. The van der Waals surface area contributed by atoms with Gasteiger partial charge in [0.25, 0.3) is 5.91 Å². The topological polar surface area (TPSA) is 69.0 Å². The van der Waals surface area contributed by atoms with Crippen molar-refractivity contribution in [2.45, 2.75) is 13.8 Å². The van der Waals surface area contributed by atoms with E-state index in [0.29, 0.717) is 18.7 Å². The molecule has 2 heterocycles. The second-order valence-corrected chi connectivity index (χ2v) is 5.99. The molecule has 0 bridgehead atoms. The van der Waals surface area contributed by atoms with Crippen molar-refractivity contribution < 1.29 is 9.53 Å². The molecule has 1 amide bonds. The van der Waals surface area contributed by atoms with Crippen LogP contribution in [0.4, 0.5) is 0 Å². The fourth-order valence-corrected chi connectivity index (χ4v) is 3.00. The maximum absolute atomic E-state index is 12.7. The number of rotatable bonds is 5. The molecule has 0 radical (unpaired) electrons. The highest BCUT2D eigenvalue weighted by atomic mass is 16.5. The summed E-state index contributed by atoms with van der Waals surface area (Å²) in [5, 5.41) is 8.19. The van der Waals surface area contributed by atoms with Crippen molar-refractivity contribution in [1.29, 1.82) is 0 Å². The Kier molecular flexibility index (Phi) is 4.81. The molecule has 0 saturated heterocycles. The number of aryl methyl sites for hydroxylation is 2. The maximum atomic E-state index is 12.7. The molecule has 3 aromatic rings. The maximum Gasteiger partial charge on any atom is 0.252 e. The summed E-state index contributed by atoms with van der Waals surface area (Å²) in [5.74, 6) is -0.129. The van der Waals surface area contributed by atoms with Crippen LogP contribution in [0, 0.1) is 13.8 Å². The number of aromatic nitrogens is 3. The Bertz CT molecular complexity index is 931. The van der Waals surface area contributed by atoms with E-state index in [1.807, 2.05) is 55.9 Å². The highest BCUT2D eigenvalue weighted by Gasteiger charge is 2.18. The summed E-state index contributed by atoms with van der Waals surface area (Å²) < 4.78 is 6.84. The van der Waals surface area contributed by atoms with Crippen LogP contribution in [-0.2, 0) is 11.8 Å². The molecule has 0 fully saturated rings. The number of benzene rings is 1. The third-order valence-corrected chi connectivity index (χ3v) is 4.32. The minimum Gasteiger partial charge on any atom is -0.383 e. The van der Waals surface area contributed by atoms with Crippen LogP contribution in [0.2, 0.25) is 0 Å². The standard InChI is InChI=1S/C19H22N4O2/c1-12-18(13(2)23(3)22-12)17-11-15(19(24)20-9-10-25-4)14-7-5-6-8-16(14)21-17/h5-8,11H,9-10H2,1-4H3,(H,20,24). The van der Waals surface area contributed by atoms with Crippen molar-refractivity contribution >= 4 is 16.8 Å². The van der Waals surface area contributed by atoms with Crippen molar-refractivity contribution in [3.05, 3.63) is 47.3 Å². The molecule has 2 aromatic heterocycles. The smallest absolute Gasteiger partial charge is 0.252 e. The average Bonchev–Trinajstić information content (AvgIpc) is 2.86. The number of nitrogens with zero attached hydrogens (tertiary/aromatic N) is 3. The van der Waals surface area contributed by atoms with Crippen molar-refractivity contribution in [3.8, 4) is 11.3 Å². The molecule has 130 valence electrons. The van der Waals surface area contributed by atoms with Gasteiger partial charge >= 0.3 is 0 Å². The van der Waals surface area contributed by atoms with Gasteiger partial charge in [0.15, 0.2) is 0 Å². The van der Waals surface area contributed by atoms with Gasteiger partial charge < -0.3 is 10.1 Å². The molecule has 6 nitrogen and oxygen atoms in total. The summed E-state index contributed by atoms with van der Waals surface area (Å²) in [7, 11) is 3.52.